The van der Waals surface area contributed by atoms with Crippen molar-refractivity contribution in [2.45, 2.75) is 6.92 Å². The summed E-state index contributed by atoms with van der Waals surface area (Å²) in [6.45, 7) is 2.72. The van der Waals surface area contributed by atoms with E-state index in [1.165, 1.54) is 0 Å². The minimum Gasteiger partial charge on any atom is -0.381 e. The van der Waals surface area contributed by atoms with Crippen LogP contribution in [0.25, 0.3) is 0 Å². The van der Waals surface area contributed by atoms with Gasteiger partial charge in [-0.2, -0.15) is 0 Å². The maximum absolute atomic E-state index is 6.03. The highest BCUT2D eigenvalue weighted by Gasteiger charge is 2.02. The van der Waals surface area contributed by atoms with Gasteiger partial charge in [0.15, 0.2) is 0 Å². The first kappa shape index (κ1) is 12.9. The Labute approximate surface area is 109 Å². The first-order chi connectivity index (χ1) is 7.15. The Bertz CT molecular complexity index is 364. The Kier molecular flexibility index (Phi) is 5.51. The number of nitrogens with one attached hydrogen (secondary N) is 1. The Morgan fingerprint density at radius 2 is 2.13 bits per heavy atom. The van der Waals surface area contributed by atoms with Crippen LogP contribution in [0.4, 0.5) is 5.69 Å². The van der Waals surface area contributed by atoms with Crippen molar-refractivity contribution in [1.29, 1.82) is 0 Å². The molecule has 1 nitrogen and oxygen atoms in total. The van der Waals surface area contributed by atoms with Gasteiger partial charge in [0, 0.05) is 21.9 Å². The summed E-state index contributed by atoms with van der Waals surface area (Å²) in [5, 5.41) is 4.00. The average molecular weight is 309 g/mol. The van der Waals surface area contributed by atoms with Crippen LogP contribution < -0.4 is 5.32 Å². The largest absolute Gasteiger partial charge is 0.381 e. The molecule has 0 saturated carbocycles. The number of hydrogen-bond acceptors (Lipinski definition) is 1. The van der Waals surface area contributed by atoms with Crippen LogP contribution in [0.5, 0.6) is 0 Å². The lowest BCUT2D eigenvalue weighted by Crippen LogP contribution is -1.99. The lowest BCUT2D eigenvalue weighted by Gasteiger charge is -2.08. The molecule has 1 rings (SSSR count). The van der Waals surface area contributed by atoms with E-state index in [1.807, 2.05) is 31.2 Å². The summed E-state index contributed by atoms with van der Waals surface area (Å²) in [5.41, 5.74) is 2.05. The molecule has 1 N–H and O–H groups in total. The van der Waals surface area contributed by atoms with Crippen molar-refractivity contribution in [2.75, 3.05) is 17.7 Å². The second-order valence-corrected chi connectivity index (χ2v) is 4.66. The summed E-state index contributed by atoms with van der Waals surface area (Å²) >= 11 is 15.0. The van der Waals surface area contributed by atoms with Crippen LogP contribution >= 0.6 is 39.1 Å². The fraction of sp³-hybridized carbons (Fsp3) is 0.273. The number of alkyl halides is 1. The summed E-state index contributed by atoms with van der Waals surface area (Å²) in [5.74, 6) is 0.539. The monoisotopic (exact) mass is 307 g/mol. The zero-order valence-corrected chi connectivity index (χ0v) is 11.5. The third kappa shape index (κ3) is 4.06. The van der Waals surface area contributed by atoms with Crippen molar-refractivity contribution in [3.05, 3.63) is 39.3 Å². The van der Waals surface area contributed by atoms with Crippen LogP contribution in [-0.4, -0.2) is 12.4 Å². The van der Waals surface area contributed by atoms with E-state index in [0.29, 0.717) is 5.88 Å². The zero-order valence-electron chi connectivity index (χ0n) is 8.36. The van der Waals surface area contributed by atoms with Crippen molar-refractivity contribution in [3.8, 4) is 0 Å². The zero-order chi connectivity index (χ0) is 11.3. The quantitative estimate of drug-likeness (QED) is 0.632. The molecule has 0 amide bonds. The van der Waals surface area contributed by atoms with E-state index in [4.69, 9.17) is 23.2 Å². The number of benzene rings is 1. The van der Waals surface area contributed by atoms with Gasteiger partial charge in [-0.25, -0.2) is 0 Å². The molecule has 0 aliphatic rings. The van der Waals surface area contributed by atoms with E-state index in [2.05, 4.69) is 21.2 Å². The van der Waals surface area contributed by atoms with E-state index in [9.17, 15) is 0 Å². The third-order valence-corrected chi connectivity index (χ3v) is 3.16. The number of rotatable bonds is 4. The van der Waals surface area contributed by atoms with Gasteiger partial charge in [0.05, 0.1) is 5.69 Å². The molecule has 0 radical (unpaired) electrons. The van der Waals surface area contributed by atoms with Crippen molar-refractivity contribution in [1.82, 2.24) is 0 Å². The van der Waals surface area contributed by atoms with Crippen molar-refractivity contribution >= 4 is 44.8 Å². The summed E-state index contributed by atoms with van der Waals surface area (Å²) in [4.78, 5) is 0. The highest BCUT2D eigenvalue weighted by atomic mass is 79.9. The van der Waals surface area contributed by atoms with Crippen LogP contribution in [0, 0.1) is 6.92 Å². The molecule has 0 bridgehead atoms. The Morgan fingerprint density at radius 3 is 2.80 bits per heavy atom. The normalized spacial score (nSPS) is 10.9. The highest BCUT2D eigenvalue weighted by Crippen LogP contribution is 2.28. The molecule has 0 saturated heterocycles. The second-order valence-electron chi connectivity index (χ2n) is 3.09. The number of aryl methyl sites for hydroxylation is 1. The van der Waals surface area contributed by atoms with Crippen LogP contribution in [0.2, 0.25) is 5.02 Å². The number of hydrogen-bond donors (Lipinski definition) is 1. The topological polar surface area (TPSA) is 12.0 Å². The van der Waals surface area contributed by atoms with Crippen LogP contribution in [0.1, 0.15) is 5.56 Å². The number of anilines is 1. The maximum Gasteiger partial charge on any atom is 0.0502 e. The van der Waals surface area contributed by atoms with Crippen molar-refractivity contribution in [2.24, 2.45) is 0 Å². The van der Waals surface area contributed by atoms with Crippen molar-refractivity contribution in [3.63, 3.8) is 0 Å². The molecular formula is C11H12BrCl2N. The summed E-state index contributed by atoms with van der Waals surface area (Å²) in [6.07, 6.45) is 3.88. The molecule has 0 aromatic heterocycles. The van der Waals surface area contributed by atoms with Gasteiger partial charge >= 0.3 is 0 Å². The lowest BCUT2D eigenvalue weighted by atomic mass is 10.2. The van der Waals surface area contributed by atoms with Crippen molar-refractivity contribution < 1.29 is 0 Å². The maximum atomic E-state index is 6.03. The van der Waals surface area contributed by atoms with Gasteiger partial charge in [-0.15, -0.1) is 11.6 Å². The van der Waals surface area contributed by atoms with E-state index in [0.717, 1.165) is 27.3 Å². The Balaban J connectivity index is 2.69. The smallest absolute Gasteiger partial charge is 0.0502 e. The summed E-state index contributed by atoms with van der Waals surface area (Å²) < 4.78 is 1.02. The molecular weight excluding hydrogens is 297 g/mol. The molecule has 1 aromatic rings. The fourth-order valence-electron chi connectivity index (χ4n) is 1.10. The fourth-order valence-corrected chi connectivity index (χ4v) is 1.98. The molecule has 0 spiro atoms. The average Bonchev–Trinajstić information content (AvgIpc) is 2.20. The molecule has 0 unspecified atom stereocenters. The van der Waals surface area contributed by atoms with Gasteiger partial charge in [-0.05, 0) is 40.5 Å². The molecule has 4 heteroatoms. The van der Waals surface area contributed by atoms with E-state index < -0.39 is 0 Å². The predicted octanol–water partition coefficient (Wildman–Crippen LogP) is 4.62. The Hall–Kier alpha value is -0.180. The molecule has 0 heterocycles. The SMILES string of the molecule is Cc1cc(Br)c(NC/C=C/CCl)cc1Cl. The van der Waals surface area contributed by atoms with E-state index in [-0.39, 0.29) is 0 Å². The second kappa shape index (κ2) is 6.41. The Morgan fingerprint density at radius 1 is 1.40 bits per heavy atom. The third-order valence-electron chi connectivity index (χ3n) is 1.91. The molecule has 1 aromatic carbocycles. The van der Waals surface area contributed by atoms with Gasteiger partial charge in [0.25, 0.3) is 0 Å². The van der Waals surface area contributed by atoms with Gasteiger partial charge in [-0.1, -0.05) is 23.8 Å². The molecule has 0 aliphatic heterocycles. The van der Waals surface area contributed by atoms with Crippen LogP contribution in [0.15, 0.2) is 28.8 Å². The number of halogens is 3. The number of allylic oxidation sites excluding steroid dienone is 1. The van der Waals surface area contributed by atoms with Gasteiger partial charge in [-0.3, -0.25) is 0 Å². The predicted molar refractivity (Wildman–Crippen MR) is 72.2 cm³/mol. The minimum absolute atomic E-state index is 0.539. The van der Waals surface area contributed by atoms with Crippen LogP contribution in [0.3, 0.4) is 0 Å². The van der Waals surface area contributed by atoms with E-state index >= 15 is 0 Å². The standard InChI is InChI=1S/C11H12BrCl2N/c1-8-6-9(12)11(7-10(8)14)15-5-3-2-4-13/h2-3,6-7,15H,4-5H2,1H3/b3-2+. The molecule has 0 aliphatic carbocycles. The molecule has 0 atom stereocenters. The first-order valence-electron chi connectivity index (χ1n) is 4.55. The first-order valence-corrected chi connectivity index (χ1v) is 6.26. The van der Waals surface area contributed by atoms with Gasteiger partial charge in [0.2, 0.25) is 0 Å². The molecule has 82 valence electrons. The minimum atomic E-state index is 0.539. The van der Waals surface area contributed by atoms with Gasteiger partial charge < -0.3 is 5.32 Å². The molecule has 15 heavy (non-hydrogen) atoms. The summed E-state index contributed by atoms with van der Waals surface area (Å²) in [6, 6.07) is 3.91. The summed E-state index contributed by atoms with van der Waals surface area (Å²) in [7, 11) is 0. The lowest BCUT2D eigenvalue weighted by molar-refractivity contribution is 1.31. The van der Waals surface area contributed by atoms with Gasteiger partial charge in [0.1, 0.15) is 0 Å². The van der Waals surface area contributed by atoms with Crippen LogP contribution in [-0.2, 0) is 0 Å². The molecule has 0 fully saturated rings. The highest BCUT2D eigenvalue weighted by molar-refractivity contribution is 9.10. The van der Waals surface area contributed by atoms with E-state index in [1.54, 1.807) is 0 Å².